The van der Waals surface area contributed by atoms with Crippen LogP contribution in [0.15, 0.2) is 10.9 Å². The predicted molar refractivity (Wildman–Crippen MR) is 70.4 cm³/mol. The van der Waals surface area contributed by atoms with Gasteiger partial charge < -0.3 is 10.0 Å². The van der Waals surface area contributed by atoms with E-state index in [-0.39, 0.29) is 12.3 Å². The molecule has 3 rings (SSSR count). The molecule has 1 aliphatic heterocycles. The number of aliphatic hydroxyl groups is 1. The largest absolute Gasteiger partial charge is 0.396 e. The van der Waals surface area contributed by atoms with Crippen LogP contribution in [0.25, 0.3) is 5.65 Å². The van der Waals surface area contributed by atoms with E-state index in [0.717, 1.165) is 31.7 Å². The molecule has 7 nitrogen and oxygen atoms in total. The molecular formula is C12H17N5O2. The first kappa shape index (κ1) is 12.2. The number of aryl methyl sites for hydroxylation is 1. The van der Waals surface area contributed by atoms with Gasteiger partial charge in [-0.3, -0.25) is 0 Å². The number of nitrogens with zero attached hydrogens (tertiary/aromatic N) is 4. The fourth-order valence-corrected chi connectivity index (χ4v) is 2.70. The van der Waals surface area contributed by atoms with E-state index in [4.69, 9.17) is 5.11 Å². The Kier molecular flexibility index (Phi) is 2.98. The topological polar surface area (TPSA) is 86.5 Å². The van der Waals surface area contributed by atoms with Crippen molar-refractivity contribution < 1.29 is 5.11 Å². The highest BCUT2D eigenvalue weighted by atomic mass is 16.3. The molecule has 19 heavy (non-hydrogen) atoms. The van der Waals surface area contributed by atoms with Crippen LogP contribution in [-0.4, -0.2) is 44.4 Å². The van der Waals surface area contributed by atoms with Crippen molar-refractivity contribution in [3.8, 4) is 0 Å². The van der Waals surface area contributed by atoms with Crippen LogP contribution in [-0.2, 0) is 0 Å². The predicted octanol–water partition coefficient (Wildman–Crippen LogP) is -0.0653. The Morgan fingerprint density at radius 2 is 2.42 bits per heavy atom. The second kappa shape index (κ2) is 4.65. The summed E-state index contributed by atoms with van der Waals surface area (Å²) in [7, 11) is 0. The van der Waals surface area contributed by atoms with Crippen molar-refractivity contribution in [2.45, 2.75) is 19.8 Å². The first-order valence-electron chi connectivity index (χ1n) is 6.49. The molecule has 1 aliphatic rings. The summed E-state index contributed by atoms with van der Waals surface area (Å²) >= 11 is 0. The van der Waals surface area contributed by atoms with Crippen LogP contribution in [0.3, 0.4) is 0 Å². The average molecular weight is 263 g/mol. The number of hydrogen-bond donors (Lipinski definition) is 2. The summed E-state index contributed by atoms with van der Waals surface area (Å²) in [6, 6.07) is 1.83. The summed E-state index contributed by atoms with van der Waals surface area (Å²) in [5.41, 5.74) is 0.337. The van der Waals surface area contributed by atoms with Gasteiger partial charge in [0, 0.05) is 25.8 Å². The van der Waals surface area contributed by atoms with E-state index in [1.54, 1.807) is 6.92 Å². The van der Waals surface area contributed by atoms with Crippen molar-refractivity contribution in [1.29, 1.82) is 0 Å². The smallest absolute Gasteiger partial charge is 0.349 e. The number of anilines is 1. The molecule has 1 saturated heterocycles. The molecule has 0 saturated carbocycles. The Morgan fingerprint density at radius 1 is 1.58 bits per heavy atom. The van der Waals surface area contributed by atoms with E-state index in [0.29, 0.717) is 17.4 Å². The van der Waals surface area contributed by atoms with Crippen LogP contribution in [0.4, 0.5) is 5.82 Å². The van der Waals surface area contributed by atoms with E-state index >= 15 is 0 Å². The lowest BCUT2D eigenvalue weighted by atomic mass is 10.1. The lowest BCUT2D eigenvalue weighted by Gasteiger charge is -2.18. The van der Waals surface area contributed by atoms with Gasteiger partial charge in [0.25, 0.3) is 0 Å². The summed E-state index contributed by atoms with van der Waals surface area (Å²) in [6.07, 6.45) is 1.90. The van der Waals surface area contributed by atoms with Crippen molar-refractivity contribution in [2.24, 2.45) is 5.92 Å². The molecule has 2 N–H and O–H groups in total. The van der Waals surface area contributed by atoms with E-state index in [1.807, 2.05) is 6.07 Å². The molecule has 102 valence electrons. The molecule has 7 heteroatoms. The Labute approximate surface area is 109 Å². The number of aliphatic hydroxyl groups excluding tert-OH is 1. The molecule has 2 aromatic heterocycles. The highest BCUT2D eigenvalue weighted by molar-refractivity contribution is 5.51. The van der Waals surface area contributed by atoms with Crippen LogP contribution in [0.1, 0.15) is 18.7 Å². The highest BCUT2D eigenvalue weighted by Crippen LogP contribution is 2.24. The maximum Gasteiger partial charge on any atom is 0.349 e. The van der Waals surface area contributed by atoms with Gasteiger partial charge >= 0.3 is 5.69 Å². The number of nitrogens with one attached hydrogen (secondary N) is 1. The summed E-state index contributed by atoms with van der Waals surface area (Å²) < 4.78 is 1.46. The third-order valence-electron chi connectivity index (χ3n) is 3.70. The minimum atomic E-state index is -0.258. The van der Waals surface area contributed by atoms with Crippen molar-refractivity contribution in [2.75, 3.05) is 24.6 Å². The normalized spacial score (nSPS) is 19.5. The van der Waals surface area contributed by atoms with E-state index in [9.17, 15) is 4.79 Å². The third-order valence-corrected chi connectivity index (χ3v) is 3.70. The van der Waals surface area contributed by atoms with Gasteiger partial charge in [-0.15, -0.1) is 0 Å². The zero-order chi connectivity index (χ0) is 13.4. The summed E-state index contributed by atoms with van der Waals surface area (Å²) in [5.74, 6) is 2.01. The van der Waals surface area contributed by atoms with Gasteiger partial charge in [-0.1, -0.05) is 0 Å². The number of aromatic amines is 1. The second-order valence-corrected chi connectivity index (χ2v) is 5.00. The van der Waals surface area contributed by atoms with Crippen LogP contribution in [0, 0.1) is 12.8 Å². The quantitative estimate of drug-likeness (QED) is 0.810. The lowest BCUT2D eigenvalue weighted by Crippen LogP contribution is -2.23. The molecule has 0 radical (unpaired) electrons. The summed E-state index contributed by atoms with van der Waals surface area (Å²) in [4.78, 5) is 18.2. The van der Waals surface area contributed by atoms with E-state index in [2.05, 4.69) is 20.1 Å². The van der Waals surface area contributed by atoms with Crippen LogP contribution < -0.4 is 10.6 Å². The van der Waals surface area contributed by atoms with Gasteiger partial charge in [-0.2, -0.15) is 5.10 Å². The number of H-pyrrole nitrogens is 1. The van der Waals surface area contributed by atoms with E-state index in [1.165, 1.54) is 4.40 Å². The molecule has 1 fully saturated rings. The summed E-state index contributed by atoms with van der Waals surface area (Å²) in [6.45, 7) is 3.87. The first-order valence-corrected chi connectivity index (χ1v) is 6.49. The van der Waals surface area contributed by atoms with Crippen molar-refractivity contribution in [1.82, 2.24) is 19.6 Å². The van der Waals surface area contributed by atoms with Crippen LogP contribution in [0.2, 0.25) is 0 Å². The number of hydrogen-bond acceptors (Lipinski definition) is 5. The maximum atomic E-state index is 11.5. The molecule has 0 spiro atoms. The van der Waals surface area contributed by atoms with Crippen molar-refractivity contribution in [3.05, 3.63) is 22.4 Å². The molecule has 0 aromatic carbocycles. The zero-order valence-electron chi connectivity index (χ0n) is 10.8. The van der Waals surface area contributed by atoms with Crippen LogP contribution in [0.5, 0.6) is 0 Å². The Morgan fingerprint density at radius 3 is 3.21 bits per heavy atom. The average Bonchev–Trinajstić information content (AvgIpc) is 2.97. The minimum absolute atomic E-state index is 0.235. The first-order chi connectivity index (χ1) is 9.19. The monoisotopic (exact) mass is 263 g/mol. The van der Waals surface area contributed by atoms with Gasteiger partial charge in [0.1, 0.15) is 11.6 Å². The fraction of sp³-hybridized carbons (Fsp3) is 0.583. The minimum Gasteiger partial charge on any atom is -0.396 e. The number of aromatic nitrogens is 4. The molecule has 2 aromatic rings. The van der Waals surface area contributed by atoms with Gasteiger partial charge in [0.15, 0.2) is 5.65 Å². The lowest BCUT2D eigenvalue weighted by molar-refractivity contribution is 0.263. The molecule has 0 aliphatic carbocycles. The second-order valence-electron chi connectivity index (χ2n) is 5.00. The van der Waals surface area contributed by atoms with Gasteiger partial charge in [0.05, 0.1) is 0 Å². The maximum absolute atomic E-state index is 11.5. The third kappa shape index (κ3) is 2.10. The highest BCUT2D eigenvalue weighted by Gasteiger charge is 2.23. The molecule has 0 amide bonds. The van der Waals surface area contributed by atoms with Gasteiger partial charge in [0.2, 0.25) is 0 Å². The van der Waals surface area contributed by atoms with Gasteiger partial charge in [-0.05, 0) is 25.7 Å². The summed E-state index contributed by atoms with van der Waals surface area (Å²) in [5, 5.41) is 15.4. The molecular weight excluding hydrogens is 246 g/mol. The molecule has 1 atom stereocenters. The van der Waals surface area contributed by atoms with Crippen LogP contribution >= 0.6 is 0 Å². The Balaban J connectivity index is 1.92. The van der Waals surface area contributed by atoms with Gasteiger partial charge in [-0.25, -0.2) is 19.3 Å². The standard InChI is InChI=1S/C12H17N5O2/c1-8-13-10(6-11-14-15-12(19)17(8)11)16-4-2-9(7-16)3-5-18/h6,9,18H,2-5,7H2,1H3,(H,15,19). The van der Waals surface area contributed by atoms with Crippen molar-refractivity contribution >= 4 is 11.5 Å². The SMILES string of the molecule is Cc1nc(N2CCC(CCO)C2)cc2n[nH]c(=O)n12. The van der Waals surface area contributed by atoms with Crippen molar-refractivity contribution in [3.63, 3.8) is 0 Å². The van der Waals surface area contributed by atoms with E-state index < -0.39 is 0 Å². The Hall–Kier alpha value is -1.89. The Bertz CT molecular complexity index is 647. The molecule has 0 bridgehead atoms. The number of rotatable bonds is 3. The number of fused-ring (bicyclic) bond motifs is 1. The zero-order valence-corrected chi connectivity index (χ0v) is 10.8. The molecule has 1 unspecified atom stereocenters. The fourth-order valence-electron chi connectivity index (χ4n) is 2.70. The molecule has 3 heterocycles.